The third-order valence-corrected chi connectivity index (χ3v) is 4.96. The number of methoxy groups -OCH3 is 2. The van der Waals surface area contributed by atoms with Crippen LogP contribution in [0.25, 0.3) is 10.9 Å². The molecule has 0 aliphatic heterocycles. The Morgan fingerprint density at radius 2 is 1.86 bits per heavy atom. The fraction of sp³-hybridized carbons (Fsp3) is 0.273. The van der Waals surface area contributed by atoms with Gasteiger partial charge in [0.1, 0.15) is 11.5 Å². The zero-order valence-electron chi connectivity index (χ0n) is 16.5. The Morgan fingerprint density at radius 1 is 1.07 bits per heavy atom. The molecule has 0 unspecified atom stereocenters. The second-order valence-corrected chi connectivity index (χ2v) is 6.67. The van der Waals surface area contributed by atoms with Crippen LogP contribution in [0.3, 0.4) is 0 Å². The number of hydrogen-bond acceptors (Lipinski definition) is 4. The van der Waals surface area contributed by atoms with Crippen molar-refractivity contribution in [3.8, 4) is 11.5 Å². The van der Waals surface area contributed by atoms with Crippen LogP contribution in [0.5, 0.6) is 11.5 Å². The molecule has 0 bridgehead atoms. The molecule has 0 saturated heterocycles. The van der Waals surface area contributed by atoms with Crippen LogP contribution >= 0.6 is 0 Å². The standard InChI is InChI=1S/C22H24N2O4/c1-13-5-6-15-11-16(21(25)24-20(15)14(13)2)9-10-23-22(26)18-8-7-17(27-3)12-19(18)28-4/h5-8,11-12H,9-10H2,1-4H3,(H,23,26)(H,24,25). The van der Waals surface area contributed by atoms with Gasteiger partial charge >= 0.3 is 0 Å². The van der Waals surface area contributed by atoms with Gasteiger partial charge in [-0.05, 0) is 55.0 Å². The van der Waals surface area contributed by atoms with Gasteiger partial charge < -0.3 is 19.8 Å². The Kier molecular flexibility index (Phi) is 5.68. The number of rotatable bonds is 6. The summed E-state index contributed by atoms with van der Waals surface area (Å²) in [5.41, 5.74) is 4.00. The smallest absolute Gasteiger partial charge is 0.255 e. The molecule has 3 aromatic rings. The lowest BCUT2D eigenvalue weighted by Crippen LogP contribution is -2.27. The van der Waals surface area contributed by atoms with E-state index in [2.05, 4.69) is 10.3 Å². The monoisotopic (exact) mass is 380 g/mol. The molecule has 6 nitrogen and oxygen atoms in total. The maximum Gasteiger partial charge on any atom is 0.255 e. The fourth-order valence-corrected chi connectivity index (χ4v) is 3.15. The lowest BCUT2D eigenvalue weighted by Gasteiger charge is -2.11. The Bertz CT molecular complexity index is 1090. The summed E-state index contributed by atoms with van der Waals surface area (Å²) in [6, 6.07) is 10.9. The van der Waals surface area contributed by atoms with Crippen molar-refractivity contribution in [2.24, 2.45) is 0 Å². The minimum absolute atomic E-state index is 0.127. The second-order valence-electron chi connectivity index (χ2n) is 6.67. The van der Waals surface area contributed by atoms with E-state index in [9.17, 15) is 9.59 Å². The molecule has 0 atom stereocenters. The van der Waals surface area contributed by atoms with E-state index in [-0.39, 0.29) is 11.5 Å². The summed E-state index contributed by atoms with van der Waals surface area (Å²) < 4.78 is 10.4. The van der Waals surface area contributed by atoms with E-state index < -0.39 is 0 Å². The molecule has 3 rings (SSSR count). The van der Waals surface area contributed by atoms with Crippen LogP contribution in [0.4, 0.5) is 0 Å². The van der Waals surface area contributed by atoms with Gasteiger partial charge in [-0.2, -0.15) is 0 Å². The van der Waals surface area contributed by atoms with E-state index in [1.807, 2.05) is 32.0 Å². The van der Waals surface area contributed by atoms with E-state index in [1.165, 1.54) is 7.11 Å². The number of hydrogen-bond donors (Lipinski definition) is 2. The van der Waals surface area contributed by atoms with E-state index in [0.717, 1.165) is 22.0 Å². The molecule has 28 heavy (non-hydrogen) atoms. The van der Waals surface area contributed by atoms with Crippen molar-refractivity contribution in [2.75, 3.05) is 20.8 Å². The zero-order valence-corrected chi connectivity index (χ0v) is 16.5. The highest BCUT2D eigenvalue weighted by Gasteiger charge is 2.13. The highest BCUT2D eigenvalue weighted by atomic mass is 16.5. The molecular weight excluding hydrogens is 356 g/mol. The number of aryl methyl sites for hydroxylation is 2. The van der Waals surface area contributed by atoms with E-state index >= 15 is 0 Å². The van der Waals surface area contributed by atoms with Gasteiger partial charge in [0.05, 0.1) is 25.3 Å². The first kappa shape index (κ1) is 19.5. The number of aromatic nitrogens is 1. The van der Waals surface area contributed by atoms with Crippen LogP contribution in [0, 0.1) is 13.8 Å². The van der Waals surface area contributed by atoms with E-state index in [1.54, 1.807) is 25.3 Å². The number of nitrogens with one attached hydrogen (secondary N) is 2. The predicted octanol–water partition coefficient (Wildman–Crippen LogP) is 3.13. The Morgan fingerprint density at radius 3 is 2.57 bits per heavy atom. The van der Waals surface area contributed by atoms with Gasteiger partial charge in [0.25, 0.3) is 11.5 Å². The van der Waals surface area contributed by atoms with Crippen LogP contribution < -0.4 is 20.3 Å². The van der Waals surface area contributed by atoms with Crippen molar-refractivity contribution in [2.45, 2.75) is 20.3 Å². The molecule has 0 fully saturated rings. The van der Waals surface area contributed by atoms with Crippen LogP contribution in [-0.4, -0.2) is 31.7 Å². The fourth-order valence-electron chi connectivity index (χ4n) is 3.15. The van der Waals surface area contributed by atoms with E-state index in [4.69, 9.17) is 9.47 Å². The number of pyridine rings is 1. The molecule has 1 heterocycles. The maximum atomic E-state index is 12.5. The second kappa shape index (κ2) is 8.17. The molecule has 0 spiro atoms. The molecule has 2 aromatic carbocycles. The first-order valence-electron chi connectivity index (χ1n) is 9.07. The van der Waals surface area contributed by atoms with Gasteiger partial charge in [0, 0.05) is 18.2 Å². The number of amides is 1. The normalized spacial score (nSPS) is 10.7. The summed E-state index contributed by atoms with van der Waals surface area (Å²) in [4.78, 5) is 27.9. The minimum atomic E-state index is -0.261. The van der Waals surface area contributed by atoms with Gasteiger partial charge in [0.2, 0.25) is 0 Å². The summed E-state index contributed by atoms with van der Waals surface area (Å²) in [6.07, 6.45) is 0.433. The van der Waals surface area contributed by atoms with Crippen LogP contribution in [0.1, 0.15) is 27.0 Å². The Balaban J connectivity index is 1.73. The number of carbonyl (C=O) groups excluding carboxylic acids is 1. The lowest BCUT2D eigenvalue weighted by molar-refractivity contribution is 0.0951. The molecule has 6 heteroatoms. The minimum Gasteiger partial charge on any atom is -0.497 e. The quantitative estimate of drug-likeness (QED) is 0.688. The number of benzene rings is 2. The molecular formula is C22H24N2O4. The summed E-state index contributed by atoms with van der Waals surface area (Å²) in [6.45, 7) is 4.35. The molecule has 0 saturated carbocycles. The largest absolute Gasteiger partial charge is 0.497 e. The highest BCUT2D eigenvalue weighted by molar-refractivity contribution is 5.97. The molecule has 0 aliphatic rings. The highest BCUT2D eigenvalue weighted by Crippen LogP contribution is 2.24. The topological polar surface area (TPSA) is 80.4 Å². The molecule has 1 aromatic heterocycles. The average molecular weight is 380 g/mol. The van der Waals surface area contributed by atoms with Gasteiger partial charge in [-0.25, -0.2) is 0 Å². The lowest BCUT2D eigenvalue weighted by atomic mass is 10.0. The van der Waals surface area contributed by atoms with Gasteiger partial charge in [-0.3, -0.25) is 9.59 Å². The third kappa shape index (κ3) is 3.86. The van der Waals surface area contributed by atoms with Crippen LogP contribution in [-0.2, 0) is 6.42 Å². The van der Waals surface area contributed by atoms with Crippen molar-refractivity contribution in [1.82, 2.24) is 10.3 Å². The number of H-pyrrole nitrogens is 1. The third-order valence-electron chi connectivity index (χ3n) is 4.96. The summed E-state index contributed by atoms with van der Waals surface area (Å²) in [5.74, 6) is 0.788. The van der Waals surface area contributed by atoms with Crippen molar-refractivity contribution < 1.29 is 14.3 Å². The predicted molar refractivity (Wildman–Crippen MR) is 110 cm³/mol. The van der Waals surface area contributed by atoms with Crippen molar-refractivity contribution >= 4 is 16.8 Å². The zero-order chi connectivity index (χ0) is 20.3. The van der Waals surface area contributed by atoms with Crippen molar-refractivity contribution in [3.05, 3.63) is 69.0 Å². The summed E-state index contributed by atoms with van der Waals surface area (Å²) >= 11 is 0. The Hall–Kier alpha value is -3.28. The Labute approximate surface area is 163 Å². The number of aromatic amines is 1. The molecule has 2 N–H and O–H groups in total. The van der Waals surface area contributed by atoms with Gasteiger partial charge in [-0.15, -0.1) is 0 Å². The number of ether oxygens (including phenoxy) is 2. The van der Waals surface area contributed by atoms with Gasteiger partial charge in [0.15, 0.2) is 0 Å². The first-order chi connectivity index (χ1) is 13.4. The van der Waals surface area contributed by atoms with Crippen molar-refractivity contribution in [1.29, 1.82) is 0 Å². The summed E-state index contributed by atoms with van der Waals surface area (Å²) in [5, 5.41) is 3.83. The van der Waals surface area contributed by atoms with E-state index in [0.29, 0.717) is 35.6 Å². The maximum absolute atomic E-state index is 12.5. The first-order valence-corrected chi connectivity index (χ1v) is 9.07. The number of fused-ring (bicyclic) bond motifs is 1. The summed E-state index contributed by atoms with van der Waals surface area (Å²) in [7, 11) is 3.06. The molecule has 1 amide bonds. The van der Waals surface area contributed by atoms with Crippen molar-refractivity contribution in [3.63, 3.8) is 0 Å². The average Bonchev–Trinajstić information content (AvgIpc) is 2.71. The SMILES string of the molecule is COc1ccc(C(=O)NCCc2cc3ccc(C)c(C)c3[nH]c2=O)c(OC)c1. The van der Waals surface area contributed by atoms with Crippen LogP contribution in [0.2, 0.25) is 0 Å². The van der Waals surface area contributed by atoms with Gasteiger partial charge in [-0.1, -0.05) is 12.1 Å². The molecule has 0 radical (unpaired) electrons. The molecule has 0 aliphatic carbocycles. The molecule has 146 valence electrons. The van der Waals surface area contributed by atoms with Crippen LogP contribution in [0.15, 0.2) is 41.2 Å². The number of carbonyl (C=O) groups is 1.